The molecule has 4 rings (SSSR count). The van der Waals surface area contributed by atoms with Gasteiger partial charge in [0.25, 0.3) is 0 Å². The van der Waals surface area contributed by atoms with Crippen LogP contribution in [0.3, 0.4) is 0 Å². The van der Waals surface area contributed by atoms with Crippen molar-refractivity contribution in [3.05, 3.63) is 23.5 Å². The summed E-state index contributed by atoms with van der Waals surface area (Å²) < 4.78 is 7.83. The van der Waals surface area contributed by atoms with Gasteiger partial charge in [0.15, 0.2) is 5.78 Å². The van der Waals surface area contributed by atoms with Crippen LogP contribution in [0.15, 0.2) is 12.3 Å². The second kappa shape index (κ2) is 6.88. The minimum atomic E-state index is 0.342. The Kier molecular flexibility index (Phi) is 4.76. The van der Waals surface area contributed by atoms with Crippen LogP contribution < -0.4 is 0 Å². The van der Waals surface area contributed by atoms with Crippen molar-refractivity contribution in [1.29, 1.82) is 0 Å². The van der Waals surface area contributed by atoms with E-state index < -0.39 is 0 Å². The molecule has 0 amide bonds. The summed E-state index contributed by atoms with van der Waals surface area (Å²) in [5.74, 6) is 1.96. The minimum absolute atomic E-state index is 0.342. The van der Waals surface area contributed by atoms with Crippen LogP contribution in [0.25, 0.3) is 0 Å². The lowest BCUT2D eigenvalue weighted by molar-refractivity contribution is -0.0616. The molecule has 1 aliphatic heterocycles. The molecule has 1 saturated carbocycles. The summed E-state index contributed by atoms with van der Waals surface area (Å²) in [5, 5.41) is 0. The van der Waals surface area contributed by atoms with Crippen molar-refractivity contribution >= 4 is 5.78 Å². The molecule has 2 atom stereocenters. The van der Waals surface area contributed by atoms with E-state index in [1.807, 2.05) is 6.07 Å². The van der Waals surface area contributed by atoms with Gasteiger partial charge < -0.3 is 9.30 Å². The quantitative estimate of drug-likeness (QED) is 0.821. The summed E-state index contributed by atoms with van der Waals surface area (Å²) >= 11 is 0. The molecule has 2 fully saturated rings. The maximum atomic E-state index is 12.0. The first-order valence-corrected chi connectivity index (χ1v) is 10.1. The van der Waals surface area contributed by atoms with Gasteiger partial charge in [-0.2, -0.15) is 0 Å². The zero-order chi connectivity index (χ0) is 17.4. The van der Waals surface area contributed by atoms with Crippen LogP contribution in [0.1, 0.15) is 55.6 Å². The van der Waals surface area contributed by atoms with Crippen molar-refractivity contribution in [2.45, 2.75) is 52.5 Å². The van der Waals surface area contributed by atoms with Gasteiger partial charge in [0, 0.05) is 50.1 Å². The molecule has 1 saturated heterocycles. The van der Waals surface area contributed by atoms with E-state index in [-0.39, 0.29) is 0 Å². The number of ketones is 1. The van der Waals surface area contributed by atoms with Crippen molar-refractivity contribution in [3.63, 3.8) is 0 Å². The summed E-state index contributed by atoms with van der Waals surface area (Å²) in [6.45, 7) is 11.2. The topological polar surface area (TPSA) is 34.5 Å². The van der Waals surface area contributed by atoms with Crippen LogP contribution in [0, 0.1) is 17.3 Å². The van der Waals surface area contributed by atoms with Gasteiger partial charge in [0.05, 0.1) is 13.2 Å². The Bertz CT molecular complexity index is 628. The van der Waals surface area contributed by atoms with Gasteiger partial charge in [-0.3, -0.25) is 9.69 Å². The maximum absolute atomic E-state index is 12.0. The van der Waals surface area contributed by atoms with E-state index in [1.165, 1.54) is 25.1 Å². The number of nitrogens with zero attached hydrogens (tertiary/aromatic N) is 2. The van der Waals surface area contributed by atoms with Crippen LogP contribution in [-0.4, -0.2) is 48.1 Å². The van der Waals surface area contributed by atoms with Crippen molar-refractivity contribution in [2.24, 2.45) is 17.3 Å². The van der Waals surface area contributed by atoms with Crippen LogP contribution in [0.2, 0.25) is 0 Å². The van der Waals surface area contributed by atoms with Crippen LogP contribution in [-0.2, 0) is 17.7 Å². The van der Waals surface area contributed by atoms with Gasteiger partial charge in [0.1, 0.15) is 0 Å². The average molecular weight is 344 g/mol. The largest absolute Gasteiger partial charge is 0.379 e. The van der Waals surface area contributed by atoms with E-state index in [4.69, 9.17) is 4.74 Å². The normalized spacial score (nSPS) is 29.3. The van der Waals surface area contributed by atoms with Crippen molar-refractivity contribution in [1.82, 2.24) is 9.47 Å². The van der Waals surface area contributed by atoms with E-state index in [0.29, 0.717) is 11.2 Å². The molecule has 2 heterocycles. The Morgan fingerprint density at radius 1 is 1.20 bits per heavy atom. The molecule has 0 unspecified atom stereocenters. The summed E-state index contributed by atoms with van der Waals surface area (Å²) in [5.41, 5.74) is 2.71. The molecule has 0 aromatic carbocycles. The summed E-state index contributed by atoms with van der Waals surface area (Å²) in [7, 11) is 0. The Hall–Kier alpha value is -1.13. The summed E-state index contributed by atoms with van der Waals surface area (Å²) in [4.78, 5) is 14.6. The van der Waals surface area contributed by atoms with Gasteiger partial charge in [0.2, 0.25) is 0 Å². The monoisotopic (exact) mass is 344 g/mol. The molecule has 1 aromatic rings. The number of hydrogen-bond acceptors (Lipinski definition) is 3. The molecule has 138 valence electrons. The fraction of sp³-hybridized carbons (Fsp3) is 0.762. The number of aryl methyl sites for hydroxylation is 1. The highest BCUT2D eigenvalue weighted by Crippen LogP contribution is 2.53. The van der Waals surface area contributed by atoms with Crippen molar-refractivity contribution < 1.29 is 9.53 Å². The molecule has 1 aromatic heterocycles. The van der Waals surface area contributed by atoms with Crippen molar-refractivity contribution in [3.8, 4) is 0 Å². The van der Waals surface area contributed by atoms with Crippen LogP contribution in [0.4, 0.5) is 0 Å². The van der Waals surface area contributed by atoms with Gasteiger partial charge in [-0.25, -0.2) is 0 Å². The standard InChI is InChI=1S/C21H32N2O2/c1-21(2)16(14-17(21)15-22-10-12-25-13-11-22)6-8-23-9-7-18-19(23)4-3-5-20(18)24/h7,9,16-17H,3-6,8,10-15H2,1-2H3/t16-,17-/m0/s1. The molecule has 25 heavy (non-hydrogen) atoms. The maximum Gasteiger partial charge on any atom is 0.164 e. The molecular weight excluding hydrogens is 312 g/mol. The molecule has 4 nitrogen and oxygen atoms in total. The van der Waals surface area contributed by atoms with Gasteiger partial charge in [-0.1, -0.05) is 13.8 Å². The first kappa shape index (κ1) is 17.3. The molecule has 3 aliphatic rings. The van der Waals surface area contributed by atoms with Crippen LogP contribution >= 0.6 is 0 Å². The SMILES string of the molecule is CC1(C)[C@@H](CCn2ccc3c2CCCC3=O)C[C@H]1CN1CCOCC1. The number of carbonyl (C=O) groups is 1. The summed E-state index contributed by atoms with van der Waals surface area (Å²) in [6.07, 6.45) is 7.56. The Morgan fingerprint density at radius 3 is 2.76 bits per heavy atom. The third-order valence-corrected chi connectivity index (χ3v) is 7.17. The summed E-state index contributed by atoms with van der Waals surface area (Å²) in [6, 6.07) is 2.05. The second-order valence-corrected chi connectivity index (χ2v) is 8.80. The van der Waals surface area contributed by atoms with Gasteiger partial charge in [-0.05, 0) is 49.0 Å². The highest BCUT2D eigenvalue weighted by molar-refractivity contribution is 5.98. The molecular formula is C21H32N2O2. The van der Waals surface area contributed by atoms with Gasteiger partial charge in [-0.15, -0.1) is 0 Å². The fourth-order valence-electron chi connectivity index (χ4n) is 5.11. The van der Waals surface area contributed by atoms with Crippen molar-refractivity contribution in [2.75, 3.05) is 32.8 Å². The molecule has 2 aliphatic carbocycles. The first-order chi connectivity index (χ1) is 12.1. The predicted octanol–water partition coefficient (Wildman–Crippen LogP) is 3.39. The number of Topliss-reactive ketones (excluding diaryl/α,β-unsaturated/α-hetero) is 1. The lowest BCUT2D eigenvalue weighted by Crippen LogP contribution is -2.52. The lowest BCUT2D eigenvalue weighted by atomic mass is 9.53. The Morgan fingerprint density at radius 2 is 2.00 bits per heavy atom. The van der Waals surface area contributed by atoms with E-state index >= 15 is 0 Å². The van der Waals surface area contributed by atoms with E-state index in [1.54, 1.807) is 0 Å². The number of aromatic nitrogens is 1. The number of fused-ring (bicyclic) bond motifs is 1. The smallest absolute Gasteiger partial charge is 0.164 e. The van der Waals surface area contributed by atoms with E-state index in [0.717, 1.165) is 69.5 Å². The Balaban J connectivity index is 1.31. The molecule has 0 radical (unpaired) electrons. The van der Waals surface area contributed by atoms with E-state index in [2.05, 4.69) is 29.5 Å². The average Bonchev–Trinajstić information content (AvgIpc) is 3.03. The molecule has 0 spiro atoms. The lowest BCUT2D eigenvalue weighted by Gasteiger charge is -2.54. The highest BCUT2D eigenvalue weighted by atomic mass is 16.5. The number of morpholine rings is 1. The Labute approximate surface area is 151 Å². The molecule has 4 heteroatoms. The highest BCUT2D eigenvalue weighted by Gasteiger charge is 2.47. The zero-order valence-corrected chi connectivity index (χ0v) is 15.8. The molecule has 0 N–H and O–H groups in total. The molecule has 0 bridgehead atoms. The first-order valence-electron chi connectivity index (χ1n) is 10.1. The van der Waals surface area contributed by atoms with E-state index in [9.17, 15) is 4.79 Å². The third kappa shape index (κ3) is 3.31. The second-order valence-electron chi connectivity index (χ2n) is 8.80. The van der Waals surface area contributed by atoms with Crippen LogP contribution in [0.5, 0.6) is 0 Å². The predicted molar refractivity (Wildman–Crippen MR) is 99.0 cm³/mol. The number of rotatable bonds is 5. The number of hydrogen-bond donors (Lipinski definition) is 0. The van der Waals surface area contributed by atoms with Gasteiger partial charge >= 0.3 is 0 Å². The zero-order valence-electron chi connectivity index (χ0n) is 15.8. The minimum Gasteiger partial charge on any atom is -0.379 e. The number of ether oxygens (including phenoxy) is 1. The fourth-order valence-corrected chi connectivity index (χ4v) is 5.11. The number of carbonyl (C=O) groups excluding carboxylic acids is 1. The third-order valence-electron chi connectivity index (χ3n) is 7.17.